The molecule has 0 radical (unpaired) electrons. The summed E-state index contributed by atoms with van der Waals surface area (Å²) in [5.41, 5.74) is 1.25. The fraction of sp³-hybridized carbons (Fsp3) is 0.320. The quantitative estimate of drug-likeness (QED) is 0.540. The second-order valence-corrected chi connectivity index (χ2v) is 8.02. The van der Waals surface area contributed by atoms with E-state index in [0.717, 1.165) is 5.56 Å². The molecule has 2 heterocycles. The zero-order valence-corrected chi connectivity index (χ0v) is 18.1. The fourth-order valence-electron chi connectivity index (χ4n) is 4.13. The van der Waals surface area contributed by atoms with Gasteiger partial charge in [0.15, 0.2) is 5.78 Å². The van der Waals surface area contributed by atoms with Crippen molar-refractivity contribution in [2.24, 2.45) is 0 Å². The van der Waals surface area contributed by atoms with Crippen LogP contribution < -0.4 is 9.47 Å². The minimum atomic E-state index is -0.567. The van der Waals surface area contributed by atoms with Crippen LogP contribution in [0.15, 0.2) is 48.5 Å². The number of carbonyl (C=O) groups is 3. The molecule has 1 amide bonds. The molecule has 2 aliphatic rings. The van der Waals surface area contributed by atoms with Crippen molar-refractivity contribution in [3.63, 3.8) is 0 Å². The number of piperidine rings is 1. The topological polar surface area (TPSA) is 82.1 Å². The zero-order chi connectivity index (χ0) is 22.7. The summed E-state index contributed by atoms with van der Waals surface area (Å²) in [6, 6.07) is 12.1. The molecule has 7 nitrogen and oxygen atoms in total. The Balaban J connectivity index is 1.37. The number of Topliss-reactive ketones (excluding diaryl/α,β-unsaturated/α-hetero) is 1. The molecule has 32 heavy (non-hydrogen) atoms. The summed E-state index contributed by atoms with van der Waals surface area (Å²) < 4.78 is 16.1. The second-order valence-electron chi connectivity index (χ2n) is 8.02. The number of ketones is 1. The Kier molecular flexibility index (Phi) is 5.99. The molecular weight excluding hydrogens is 410 g/mol. The van der Waals surface area contributed by atoms with Crippen molar-refractivity contribution in [1.29, 1.82) is 0 Å². The molecule has 1 saturated heterocycles. The minimum absolute atomic E-state index is 0.0419. The van der Waals surface area contributed by atoms with Gasteiger partial charge in [0.25, 0.3) is 0 Å². The Labute approximate surface area is 186 Å². The van der Waals surface area contributed by atoms with Crippen LogP contribution in [-0.4, -0.2) is 55.5 Å². The van der Waals surface area contributed by atoms with Crippen LogP contribution in [0.3, 0.4) is 0 Å². The number of esters is 1. The number of carbonyl (C=O) groups excluding carboxylic acids is 3. The van der Waals surface area contributed by atoms with Gasteiger partial charge < -0.3 is 19.1 Å². The van der Waals surface area contributed by atoms with Gasteiger partial charge in [-0.15, -0.1) is 0 Å². The van der Waals surface area contributed by atoms with Gasteiger partial charge in [-0.1, -0.05) is 12.1 Å². The number of nitrogens with zero attached hydrogens (tertiary/aromatic N) is 1. The van der Waals surface area contributed by atoms with Crippen molar-refractivity contribution >= 4 is 23.7 Å². The van der Waals surface area contributed by atoms with Crippen molar-refractivity contribution in [3.05, 3.63) is 65.2 Å². The first-order valence-electron chi connectivity index (χ1n) is 10.5. The van der Waals surface area contributed by atoms with Gasteiger partial charge in [0.2, 0.25) is 5.91 Å². The van der Waals surface area contributed by atoms with Crippen molar-refractivity contribution in [2.75, 3.05) is 27.3 Å². The molecule has 4 rings (SSSR count). The van der Waals surface area contributed by atoms with Gasteiger partial charge in [-0.2, -0.15) is 0 Å². The zero-order valence-electron chi connectivity index (χ0n) is 18.1. The van der Waals surface area contributed by atoms with Crippen molar-refractivity contribution in [3.8, 4) is 11.5 Å². The Hall–Kier alpha value is -3.61. The first kappa shape index (κ1) is 21.6. The van der Waals surface area contributed by atoms with Crippen LogP contribution in [0.2, 0.25) is 0 Å². The molecule has 7 heteroatoms. The molecule has 0 aliphatic carbocycles. The maximum Gasteiger partial charge on any atom is 0.337 e. The van der Waals surface area contributed by atoms with Gasteiger partial charge in [-0.05, 0) is 42.0 Å². The summed E-state index contributed by atoms with van der Waals surface area (Å²) in [4.78, 5) is 38.6. The summed E-state index contributed by atoms with van der Waals surface area (Å²) in [6.07, 6.45) is 4.74. The number of hydrogen-bond donors (Lipinski definition) is 0. The van der Waals surface area contributed by atoms with Crippen LogP contribution >= 0.6 is 0 Å². The number of ether oxygens (including phenoxy) is 3. The number of hydrogen-bond acceptors (Lipinski definition) is 6. The van der Waals surface area contributed by atoms with E-state index in [4.69, 9.17) is 9.47 Å². The van der Waals surface area contributed by atoms with E-state index in [1.54, 1.807) is 60.6 Å². The lowest BCUT2D eigenvalue weighted by atomic mass is 9.82. The first-order valence-corrected chi connectivity index (χ1v) is 10.5. The molecule has 0 atom stereocenters. The monoisotopic (exact) mass is 435 g/mol. The van der Waals surface area contributed by atoms with Gasteiger partial charge in [-0.25, -0.2) is 4.79 Å². The molecule has 2 aromatic rings. The van der Waals surface area contributed by atoms with E-state index >= 15 is 0 Å². The van der Waals surface area contributed by atoms with Gasteiger partial charge in [0.1, 0.15) is 17.1 Å². The highest BCUT2D eigenvalue weighted by Crippen LogP contribution is 2.40. The predicted octanol–water partition coefficient (Wildman–Crippen LogP) is 3.52. The number of benzene rings is 2. The van der Waals surface area contributed by atoms with Gasteiger partial charge >= 0.3 is 5.97 Å². The van der Waals surface area contributed by atoms with E-state index in [1.807, 2.05) is 0 Å². The molecular formula is C25H25NO6. The third-order valence-electron chi connectivity index (χ3n) is 6.03. The molecule has 0 N–H and O–H groups in total. The van der Waals surface area contributed by atoms with Gasteiger partial charge in [-0.3, -0.25) is 9.59 Å². The Bertz CT molecular complexity index is 1060. The highest BCUT2D eigenvalue weighted by Gasteiger charge is 2.43. The van der Waals surface area contributed by atoms with Crippen LogP contribution in [0.4, 0.5) is 0 Å². The van der Waals surface area contributed by atoms with Crippen LogP contribution in [0.1, 0.15) is 45.5 Å². The number of methoxy groups -OCH3 is 2. The van der Waals surface area contributed by atoms with E-state index in [0.29, 0.717) is 55.0 Å². The number of rotatable bonds is 4. The summed E-state index contributed by atoms with van der Waals surface area (Å²) >= 11 is 0. The van der Waals surface area contributed by atoms with Crippen LogP contribution in [-0.2, 0) is 9.53 Å². The Morgan fingerprint density at radius 3 is 2.44 bits per heavy atom. The molecule has 0 bridgehead atoms. The average molecular weight is 435 g/mol. The normalized spacial score (nSPS) is 17.1. The summed E-state index contributed by atoms with van der Waals surface area (Å²) in [5.74, 6) is 0.759. The summed E-state index contributed by atoms with van der Waals surface area (Å²) in [6.45, 7) is 1.03. The molecule has 166 valence electrons. The van der Waals surface area contributed by atoms with Gasteiger partial charge in [0, 0.05) is 32.0 Å². The smallest absolute Gasteiger partial charge is 0.337 e. The molecule has 1 fully saturated rings. The highest BCUT2D eigenvalue weighted by molar-refractivity contribution is 6.01. The molecule has 2 aliphatic heterocycles. The van der Waals surface area contributed by atoms with Crippen molar-refractivity contribution in [2.45, 2.75) is 24.9 Å². The Morgan fingerprint density at radius 1 is 1.06 bits per heavy atom. The number of likely N-dealkylation sites (tertiary alicyclic amines) is 1. The van der Waals surface area contributed by atoms with Crippen LogP contribution in [0, 0.1) is 0 Å². The molecule has 0 unspecified atom stereocenters. The number of fused-ring (bicyclic) bond motifs is 1. The third kappa shape index (κ3) is 4.37. The lowest BCUT2D eigenvalue weighted by Gasteiger charge is -2.43. The largest absolute Gasteiger partial charge is 0.497 e. The third-order valence-corrected chi connectivity index (χ3v) is 6.03. The highest BCUT2D eigenvalue weighted by atomic mass is 16.5. The van der Waals surface area contributed by atoms with E-state index in [1.165, 1.54) is 13.2 Å². The molecule has 0 saturated carbocycles. The molecule has 0 aromatic heterocycles. The lowest BCUT2D eigenvalue weighted by molar-refractivity contribution is -0.129. The fourth-order valence-corrected chi connectivity index (χ4v) is 4.13. The lowest BCUT2D eigenvalue weighted by Crippen LogP contribution is -2.52. The summed E-state index contributed by atoms with van der Waals surface area (Å²) in [5, 5.41) is 0. The Morgan fingerprint density at radius 2 is 1.78 bits per heavy atom. The molecule has 1 spiro atoms. The second kappa shape index (κ2) is 8.86. The van der Waals surface area contributed by atoms with Crippen molar-refractivity contribution in [1.82, 2.24) is 4.90 Å². The van der Waals surface area contributed by atoms with Gasteiger partial charge in [0.05, 0.1) is 31.8 Å². The van der Waals surface area contributed by atoms with Crippen LogP contribution in [0.25, 0.3) is 6.08 Å². The van der Waals surface area contributed by atoms with E-state index in [9.17, 15) is 14.4 Å². The maximum atomic E-state index is 12.7. The van der Waals surface area contributed by atoms with Crippen molar-refractivity contribution < 1.29 is 28.6 Å². The summed E-state index contributed by atoms with van der Waals surface area (Å²) in [7, 11) is 2.90. The van der Waals surface area contributed by atoms with E-state index < -0.39 is 11.6 Å². The maximum absolute atomic E-state index is 12.7. The SMILES string of the molecule is COC(=O)c1ccc(/C=C/C(=O)N2CCC3(CC2)CC(=O)c2cc(OC)ccc2O3)cc1. The minimum Gasteiger partial charge on any atom is -0.497 e. The standard InChI is InChI=1S/C25H25NO6/c1-30-19-8-9-22-20(15-19)21(27)16-25(32-22)11-13-26(14-12-25)23(28)10-5-17-3-6-18(7-4-17)24(29)31-2/h3-10,15H,11-14,16H2,1-2H3/b10-5+. The first-order chi connectivity index (χ1) is 15.4. The van der Waals surface area contributed by atoms with E-state index in [2.05, 4.69) is 4.74 Å². The molecule has 2 aromatic carbocycles. The number of amides is 1. The van der Waals surface area contributed by atoms with E-state index in [-0.39, 0.29) is 11.7 Å². The van der Waals surface area contributed by atoms with Crippen LogP contribution in [0.5, 0.6) is 11.5 Å². The average Bonchev–Trinajstić information content (AvgIpc) is 2.82. The predicted molar refractivity (Wildman–Crippen MR) is 118 cm³/mol.